The van der Waals surface area contributed by atoms with Gasteiger partial charge in [-0.05, 0) is 62.4 Å². The average Bonchev–Trinajstić information content (AvgIpc) is 3.09. The summed E-state index contributed by atoms with van der Waals surface area (Å²) in [7, 11) is 1.99. The lowest BCUT2D eigenvalue weighted by atomic mass is 9.65. The van der Waals surface area contributed by atoms with Gasteiger partial charge in [-0.2, -0.15) is 0 Å². The molecule has 3 rings (SSSR count). The van der Waals surface area contributed by atoms with Gasteiger partial charge in [0.05, 0.1) is 0 Å². The first-order valence-corrected chi connectivity index (χ1v) is 10.5. The normalized spacial score (nSPS) is 24.3. The zero-order valence-electron chi connectivity index (χ0n) is 17.2. The number of benzene rings is 1. The Morgan fingerprint density at radius 2 is 1.96 bits per heavy atom. The molecule has 3 nitrogen and oxygen atoms in total. The van der Waals surface area contributed by atoms with Gasteiger partial charge in [0.1, 0.15) is 5.75 Å². The van der Waals surface area contributed by atoms with Gasteiger partial charge in [0, 0.05) is 25.0 Å². The van der Waals surface area contributed by atoms with E-state index in [1.165, 1.54) is 19.3 Å². The number of nitrogens with one attached hydrogen (secondary N) is 1. The minimum Gasteiger partial charge on any atom is -0.406 e. The first kappa shape index (κ1) is 21.4. The van der Waals surface area contributed by atoms with Crippen LogP contribution >= 0.6 is 0 Å². The molecular weight excluding hydrogens is 365 g/mol. The second kappa shape index (κ2) is 8.62. The third kappa shape index (κ3) is 5.20. The largest absolute Gasteiger partial charge is 0.573 e. The summed E-state index contributed by atoms with van der Waals surface area (Å²) in [6.07, 6.45) is 2.37. The maximum absolute atomic E-state index is 12.9. The van der Waals surface area contributed by atoms with Crippen LogP contribution in [-0.2, 0) is 0 Å². The maximum atomic E-state index is 12.9. The molecule has 2 atom stereocenters. The highest BCUT2D eigenvalue weighted by Crippen LogP contribution is 2.48. The van der Waals surface area contributed by atoms with Crippen molar-refractivity contribution in [3.05, 3.63) is 29.3 Å². The van der Waals surface area contributed by atoms with Crippen LogP contribution in [0.15, 0.2) is 18.2 Å². The summed E-state index contributed by atoms with van der Waals surface area (Å²) in [5.41, 5.74) is 1.60. The van der Waals surface area contributed by atoms with Gasteiger partial charge in [-0.25, -0.2) is 0 Å². The third-order valence-corrected chi connectivity index (χ3v) is 6.80. The van der Waals surface area contributed by atoms with Crippen LogP contribution in [0.5, 0.6) is 5.75 Å². The van der Waals surface area contributed by atoms with Crippen LogP contribution in [0.2, 0.25) is 0 Å². The van der Waals surface area contributed by atoms with E-state index in [0.29, 0.717) is 11.6 Å². The predicted molar refractivity (Wildman–Crippen MR) is 106 cm³/mol. The van der Waals surface area contributed by atoms with Crippen LogP contribution in [0.1, 0.15) is 62.5 Å². The molecule has 0 amide bonds. The summed E-state index contributed by atoms with van der Waals surface area (Å²) >= 11 is 0. The van der Waals surface area contributed by atoms with Crippen molar-refractivity contribution in [2.75, 3.05) is 26.7 Å². The Kier molecular flexibility index (Phi) is 6.60. The van der Waals surface area contributed by atoms with E-state index < -0.39 is 6.36 Å². The van der Waals surface area contributed by atoms with E-state index in [4.69, 9.17) is 0 Å². The van der Waals surface area contributed by atoms with Gasteiger partial charge >= 0.3 is 6.36 Å². The van der Waals surface area contributed by atoms with E-state index in [0.717, 1.165) is 44.5 Å². The van der Waals surface area contributed by atoms with Gasteiger partial charge in [-0.1, -0.05) is 38.3 Å². The smallest absolute Gasteiger partial charge is 0.406 e. The number of rotatable bonds is 6. The van der Waals surface area contributed by atoms with Gasteiger partial charge in [0.25, 0.3) is 0 Å². The summed E-state index contributed by atoms with van der Waals surface area (Å²) in [4.78, 5) is 2.47. The lowest BCUT2D eigenvalue weighted by Crippen LogP contribution is -2.38. The topological polar surface area (TPSA) is 24.5 Å². The molecule has 1 saturated carbocycles. The molecule has 0 bridgehead atoms. The number of alkyl halides is 3. The zero-order valence-corrected chi connectivity index (χ0v) is 17.2. The van der Waals surface area contributed by atoms with E-state index in [1.807, 2.05) is 13.1 Å². The number of likely N-dealkylation sites (tertiary alicyclic amines) is 1. The molecule has 2 fully saturated rings. The molecular formula is C22H33F3N2O. The Morgan fingerprint density at radius 1 is 1.25 bits per heavy atom. The van der Waals surface area contributed by atoms with Crippen molar-refractivity contribution in [3.63, 3.8) is 0 Å². The molecule has 0 aromatic heterocycles. The van der Waals surface area contributed by atoms with Gasteiger partial charge in [0.15, 0.2) is 0 Å². The molecule has 0 spiro atoms. The molecule has 0 radical (unpaired) electrons. The van der Waals surface area contributed by atoms with Crippen LogP contribution in [0.25, 0.3) is 0 Å². The van der Waals surface area contributed by atoms with E-state index in [1.54, 1.807) is 19.1 Å². The summed E-state index contributed by atoms with van der Waals surface area (Å²) in [6, 6.07) is 5.92. The molecule has 1 aromatic rings. The molecule has 1 aliphatic heterocycles. The molecule has 1 aromatic carbocycles. The predicted octanol–water partition coefficient (Wildman–Crippen LogP) is 5.24. The highest BCUT2D eigenvalue weighted by atomic mass is 19.4. The van der Waals surface area contributed by atoms with Crippen molar-refractivity contribution < 1.29 is 17.9 Å². The van der Waals surface area contributed by atoms with Crippen molar-refractivity contribution in [2.45, 2.75) is 70.7 Å². The molecule has 1 saturated heterocycles. The Labute approximate surface area is 166 Å². The maximum Gasteiger partial charge on any atom is 0.573 e. The molecule has 1 aliphatic carbocycles. The summed E-state index contributed by atoms with van der Waals surface area (Å²) in [5, 5.41) is 3.35. The summed E-state index contributed by atoms with van der Waals surface area (Å²) in [5.74, 6) is 0.142. The Bertz CT molecular complexity index is 656. The number of likely N-dealkylation sites (N-methyl/N-ethyl adjacent to an activating group) is 1. The van der Waals surface area contributed by atoms with Crippen molar-refractivity contribution in [1.82, 2.24) is 10.2 Å². The fourth-order valence-corrected chi connectivity index (χ4v) is 5.00. The second-order valence-corrected chi connectivity index (χ2v) is 8.87. The quantitative estimate of drug-likeness (QED) is 0.709. The van der Waals surface area contributed by atoms with Crippen molar-refractivity contribution >= 4 is 0 Å². The average molecular weight is 399 g/mol. The Hall–Kier alpha value is -1.27. The molecule has 1 unspecified atom stereocenters. The lowest BCUT2D eigenvalue weighted by Gasteiger charge is -2.43. The first-order chi connectivity index (χ1) is 13.2. The van der Waals surface area contributed by atoms with Crippen LogP contribution < -0.4 is 10.1 Å². The van der Waals surface area contributed by atoms with Crippen LogP contribution in [0.3, 0.4) is 0 Å². The molecule has 158 valence electrons. The standard InChI is InChI=1S/C22H33F3N2O/c1-16-7-8-17(13-20(16)28-22(23,24)25)19(21(2)10-5-4-6-11-21)15-27-12-9-18(14-27)26-3/h7-8,13,18-19,26H,4-6,9-12,14-15H2,1-3H3/t18-,19?/m1/s1. The van der Waals surface area contributed by atoms with Crippen LogP contribution in [0, 0.1) is 12.3 Å². The van der Waals surface area contributed by atoms with Gasteiger partial charge in [-0.15, -0.1) is 13.2 Å². The van der Waals surface area contributed by atoms with Gasteiger partial charge in [0.2, 0.25) is 0 Å². The van der Waals surface area contributed by atoms with E-state index in [2.05, 4.69) is 21.9 Å². The van der Waals surface area contributed by atoms with Crippen LogP contribution in [-0.4, -0.2) is 44.0 Å². The fraction of sp³-hybridized carbons (Fsp3) is 0.727. The molecule has 28 heavy (non-hydrogen) atoms. The molecule has 1 heterocycles. The number of ether oxygens (including phenoxy) is 1. The number of hydrogen-bond acceptors (Lipinski definition) is 3. The summed E-state index contributed by atoms with van der Waals surface area (Å²) in [6.45, 7) is 6.92. The zero-order chi connectivity index (χ0) is 20.4. The number of aryl methyl sites for hydroxylation is 1. The molecule has 1 N–H and O–H groups in total. The first-order valence-electron chi connectivity index (χ1n) is 10.5. The Morgan fingerprint density at radius 3 is 2.57 bits per heavy atom. The molecule has 6 heteroatoms. The molecule has 2 aliphatic rings. The van der Waals surface area contributed by atoms with E-state index in [9.17, 15) is 13.2 Å². The highest BCUT2D eigenvalue weighted by Gasteiger charge is 2.39. The number of halogens is 3. The van der Waals surface area contributed by atoms with Crippen molar-refractivity contribution in [2.24, 2.45) is 5.41 Å². The Balaban J connectivity index is 1.89. The second-order valence-electron chi connectivity index (χ2n) is 8.87. The minimum atomic E-state index is -4.66. The summed E-state index contributed by atoms with van der Waals surface area (Å²) < 4.78 is 42.9. The van der Waals surface area contributed by atoms with Gasteiger partial charge in [-0.3, -0.25) is 0 Å². The lowest BCUT2D eigenvalue weighted by molar-refractivity contribution is -0.274. The van der Waals surface area contributed by atoms with E-state index >= 15 is 0 Å². The van der Waals surface area contributed by atoms with Crippen LogP contribution in [0.4, 0.5) is 13.2 Å². The van der Waals surface area contributed by atoms with Crippen molar-refractivity contribution in [1.29, 1.82) is 0 Å². The monoisotopic (exact) mass is 398 g/mol. The SMILES string of the molecule is CN[C@@H]1CCN(CC(c2ccc(C)c(OC(F)(F)F)c2)C2(C)CCCCC2)C1. The van der Waals surface area contributed by atoms with Crippen molar-refractivity contribution in [3.8, 4) is 5.75 Å². The van der Waals surface area contributed by atoms with Gasteiger partial charge < -0.3 is 15.0 Å². The van der Waals surface area contributed by atoms with E-state index in [-0.39, 0.29) is 17.1 Å². The fourth-order valence-electron chi connectivity index (χ4n) is 5.00. The number of nitrogens with zero attached hydrogens (tertiary/aromatic N) is 1. The minimum absolute atomic E-state index is 0.0658. The third-order valence-electron chi connectivity index (χ3n) is 6.80. The number of hydrogen-bond donors (Lipinski definition) is 1. The highest BCUT2D eigenvalue weighted by molar-refractivity contribution is 5.39.